The van der Waals surface area contributed by atoms with E-state index in [4.69, 9.17) is 9.47 Å². The van der Waals surface area contributed by atoms with Crippen LogP contribution in [0.2, 0.25) is 0 Å². The highest BCUT2D eigenvalue weighted by Crippen LogP contribution is 2.27. The van der Waals surface area contributed by atoms with Crippen molar-refractivity contribution in [3.05, 3.63) is 48.1 Å². The van der Waals surface area contributed by atoms with Crippen LogP contribution in [0.5, 0.6) is 11.5 Å². The summed E-state index contributed by atoms with van der Waals surface area (Å²) in [6, 6.07) is 5.55. The molecule has 0 spiro atoms. The number of aromatic amines is 1. The number of H-pyrrole nitrogens is 1. The summed E-state index contributed by atoms with van der Waals surface area (Å²) in [7, 11) is 3.24. The maximum atomic E-state index is 5.35. The lowest BCUT2D eigenvalue weighted by atomic mass is 9.99. The van der Waals surface area contributed by atoms with E-state index in [0.29, 0.717) is 28.8 Å². The Morgan fingerprint density at radius 1 is 1.16 bits per heavy atom. The average Bonchev–Trinajstić information content (AvgIpc) is 3.26. The molecule has 8 nitrogen and oxygen atoms in total. The third-order valence-corrected chi connectivity index (χ3v) is 5.47. The standard InChI is InChI=1S/C24H28N6O2/c1-4-10-30(15-18-6-5-9-25-14-18)24-22-21(28-29-23(22)26-16-27-24)8-7-17-11-19(31-2)13-20(12-17)32-3/h4,10-13,16,18,25H,5-6,9,14-15H2,1-3H3,(H,26,27,28,29). The molecule has 166 valence electrons. The molecule has 0 radical (unpaired) electrons. The van der Waals surface area contributed by atoms with Gasteiger partial charge in [-0.2, -0.15) is 5.10 Å². The summed E-state index contributed by atoms with van der Waals surface area (Å²) in [5.41, 5.74) is 2.04. The van der Waals surface area contributed by atoms with E-state index in [-0.39, 0.29) is 0 Å². The Bertz CT molecular complexity index is 1130. The van der Waals surface area contributed by atoms with Crippen LogP contribution in [0.25, 0.3) is 11.0 Å². The Balaban J connectivity index is 1.71. The Morgan fingerprint density at radius 3 is 2.66 bits per heavy atom. The fourth-order valence-corrected chi connectivity index (χ4v) is 3.92. The highest BCUT2D eigenvalue weighted by atomic mass is 16.5. The minimum absolute atomic E-state index is 0.552. The van der Waals surface area contributed by atoms with E-state index < -0.39 is 0 Å². The lowest BCUT2D eigenvalue weighted by Gasteiger charge is -2.29. The second-order valence-corrected chi connectivity index (χ2v) is 7.69. The van der Waals surface area contributed by atoms with Crippen molar-refractivity contribution in [1.82, 2.24) is 25.5 Å². The minimum Gasteiger partial charge on any atom is -0.497 e. The zero-order chi connectivity index (χ0) is 22.3. The number of allylic oxidation sites excluding steroid dienone is 1. The van der Waals surface area contributed by atoms with Crippen LogP contribution in [0, 0.1) is 17.8 Å². The average molecular weight is 433 g/mol. The molecule has 1 aliphatic rings. The fourth-order valence-electron chi connectivity index (χ4n) is 3.92. The maximum absolute atomic E-state index is 5.35. The monoisotopic (exact) mass is 432 g/mol. The van der Waals surface area contributed by atoms with Gasteiger partial charge in [-0.25, -0.2) is 9.97 Å². The predicted molar refractivity (Wildman–Crippen MR) is 125 cm³/mol. The van der Waals surface area contributed by atoms with Gasteiger partial charge >= 0.3 is 0 Å². The van der Waals surface area contributed by atoms with Crippen molar-refractivity contribution in [3.63, 3.8) is 0 Å². The lowest BCUT2D eigenvalue weighted by Crippen LogP contribution is -2.36. The molecule has 8 heteroatoms. The van der Waals surface area contributed by atoms with Gasteiger partial charge in [0.2, 0.25) is 0 Å². The van der Waals surface area contributed by atoms with E-state index in [1.54, 1.807) is 20.5 Å². The second kappa shape index (κ2) is 10.2. The van der Waals surface area contributed by atoms with Gasteiger partial charge in [0.25, 0.3) is 0 Å². The molecule has 0 bridgehead atoms. The Labute approximate surface area is 188 Å². The van der Waals surface area contributed by atoms with Crippen molar-refractivity contribution in [1.29, 1.82) is 0 Å². The Hall–Kier alpha value is -3.57. The molecule has 2 aromatic heterocycles. The molecule has 2 N–H and O–H groups in total. The van der Waals surface area contributed by atoms with Gasteiger partial charge in [-0.15, -0.1) is 0 Å². The first-order chi connectivity index (χ1) is 15.7. The number of nitrogens with one attached hydrogen (secondary N) is 2. The zero-order valence-electron chi connectivity index (χ0n) is 18.7. The summed E-state index contributed by atoms with van der Waals surface area (Å²) in [6.45, 7) is 4.98. The minimum atomic E-state index is 0.552. The van der Waals surface area contributed by atoms with Crippen molar-refractivity contribution in [2.24, 2.45) is 5.92 Å². The van der Waals surface area contributed by atoms with Gasteiger partial charge in [-0.05, 0) is 56.8 Å². The Morgan fingerprint density at radius 2 is 1.97 bits per heavy atom. The number of nitrogens with zero attached hydrogens (tertiary/aromatic N) is 4. The molecule has 1 unspecified atom stereocenters. The van der Waals surface area contributed by atoms with Crippen molar-refractivity contribution in [3.8, 4) is 23.3 Å². The number of hydrogen-bond donors (Lipinski definition) is 2. The van der Waals surface area contributed by atoms with E-state index >= 15 is 0 Å². The van der Waals surface area contributed by atoms with Crippen LogP contribution in [0.1, 0.15) is 31.0 Å². The van der Waals surface area contributed by atoms with Gasteiger partial charge in [-0.3, -0.25) is 5.10 Å². The van der Waals surface area contributed by atoms with Crippen LogP contribution in [0.3, 0.4) is 0 Å². The summed E-state index contributed by atoms with van der Waals surface area (Å²) in [4.78, 5) is 11.1. The third-order valence-electron chi connectivity index (χ3n) is 5.47. The van der Waals surface area contributed by atoms with Crippen LogP contribution < -0.4 is 19.7 Å². The smallest absolute Gasteiger partial charge is 0.162 e. The normalized spacial score (nSPS) is 16.0. The number of benzene rings is 1. The fraction of sp³-hybridized carbons (Fsp3) is 0.375. The molecule has 32 heavy (non-hydrogen) atoms. The number of methoxy groups -OCH3 is 2. The summed E-state index contributed by atoms with van der Waals surface area (Å²) < 4.78 is 10.7. The number of fused-ring (bicyclic) bond motifs is 1. The highest BCUT2D eigenvalue weighted by molar-refractivity contribution is 5.92. The molecule has 0 amide bonds. The summed E-state index contributed by atoms with van der Waals surface area (Å²) in [5, 5.41) is 11.7. The van der Waals surface area contributed by atoms with Crippen molar-refractivity contribution < 1.29 is 9.47 Å². The SMILES string of the molecule is CC=CN(CC1CCCNC1)c1ncnc2[nH]nc(C#Cc3cc(OC)cc(OC)c3)c12. The van der Waals surface area contributed by atoms with Crippen LogP contribution in [0.4, 0.5) is 5.82 Å². The van der Waals surface area contributed by atoms with Gasteiger partial charge in [0.05, 0.1) is 19.6 Å². The van der Waals surface area contributed by atoms with Gasteiger partial charge < -0.3 is 19.7 Å². The summed E-state index contributed by atoms with van der Waals surface area (Å²) >= 11 is 0. The first-order valence-corrected chi connectivity index (χ1v) is 10.8. The molecular formula is C24H28N6O2. The number of rotatable bonds is 6. The maximum Gasteiger partial charge on any atom is 0.162 e. The van der Waals surface area contributed by atoms with Gasteiger partial charge in [-0.1, -0.05) is 12.0 Å². The number of ether oxygens (including phenoxy) is 2. The van der Waals surface area contributed by atoms with Crippen LogP contribution in [-0.2, 0) is 0 Å². The van der Waals surface area contributed by atoms with Crippen LogP contribution in [0.15, 0.2) is 36.8 Å². The van der Waals surface area contributed by atoms with E-state index in [2.05, 4.69) is 48.4 Å². The number of piperidine rings is 1. The first kappa shape index (κ1) is 21.7. The largest absolute Gasteiger partial charge is 0.497 e. The third kappa shape index (κ3) is 4.84. The highest BCUT2D eigenvalue weighted by Gasteiger charge is 2.20. The van der Waals surface area contributed by atoms with E-state index in [0.717, 1.165) is 36.4 Å². The second-order valence-electron chi connectivity index (χ2n) is 7.69. The summed E-state index contributed by atoms with van der Waals surface area (Å²) in [6.07, 6.45) is 8.05. The molecule has 1 atom stereocenters. The van der Waals surface area contributed by atoms with Crippen LogP contribution in [-0.4, -0.2) is 54.0 Å². The van der Waals surface area contributed by atoms with Gasteiger partial charge in [0, 0.05) is 24.4 Å². The van der Waals surface area contributed by atoms with Crippen molar-refractivity contribution in [2.75, 3.05) is 38.8 Å². The van der Waals surface area contributed by atoms with Crippen molar-refractivity contribution in [2.45, 2.75) is 19.8 Å². The molecule has 4 rings (SSSR count). The molecule has 0 aliphatic carbocycles. The van der Waals surface area contributed by atoms with E-state index in [9.17, 15) is 0 Å². The molecule has 1 aliphatic heterocycles. The van der Waals surface area contributed by atoms with E-state index in [1.165, 1.54) is 12.8 Å². The molecular weight excluding hydrogens is 404 g/mol. The number of aromatic nitrogens is 4. The molecule has 0 saturated carbocycles. The van der Waals surface area contributed by atoms with Crippen molar-refractivity contribution >= 4 is 16.9 Å². The van der Waals surface area contributed by atoms with Gasteiger partial charge in [0.1, 0.15) is 29.3 Å². The number of anilines is 1. The molecule has 3 aromatic rings. The molecule has 1 saturated heterocycles. The van der Waals surface area contributed by atoms with E-state index in [1.807, 2.05) is 31.2 Å². The predicted octanol–water partition coefficient (Wildman–Crippen LogP) is 3.11. The molecule has 1 aromatic carbocycles. The van der Waals surface area contributed by atoms with Crippen LogP contribution >= 0.6 is 0 Å². The zero-order valence-corrected chi connectivity index (χ0v) is 18.7. The molecule has 1 fully saturated rings. The first-order valence-electron chi connectivity index (χ1n) is 10.8. The number of hydrogen-bond acceptors (Lipinski definition) is 7. The summed E-state index contributed by atoms with van der Waals surface area (Å²) in [5.74, 6) is 9.08. The van der Waals surface area contributed by atoms with Gasteiger partial charge in [0.15, 0.2) is 5.65 Å². The lowest BCUT2D eigenvalue weighted by molar-refractivity contribution is 0.383. The quantitative estimate of drug-likeness (QED) is 0.579. The Kier molecular flexibility index (Phi) is 6.87. The topological polar surface area (TPSA) is 88.2 Å². The molecule has 3 heterocycles.